The second kappa shape index (κ2) is 6.08. The van der Waals surface area contributed by atoms with Gasteiger partial charge < -0.3 is 15.2 Å². The molecule has 0 aliphatic heterocycles. The lowest BCUT2D eigenvalue weighted by Gasteiger charge is -2.22. The highest BCUT2D eigenvalue weighted by Crippen LogP contribution is 2.09. The lowest BCUT2D eigenvalue weighted by Crippen LogP contribution is -2.39. The van der Waals surface area contributed by atoms with Crippen LogP contribution in [0, 0.1) is 0 Å². The third-order valence-electron chi connectivity index (χ3n) is 1.74. The minimum atomic E-state index is -0.431. The first-order valence-corrected chi connectivity index (χ1v) is 5.33. The highest BCUT2D eigenvalue weighted by atomic mass is 16.6. The summed E-state index contributed by atoms with van der Waals surface area (Å²) < 4.78 is 5.18. The van der Waals surface area contributed by atoms with Gasteiger partial charge in [-0.25, -0.2) is 0 Å². The van der Waals surface area contributed by atoms with Gasteiger partial charge in [0.25, 0.3) is 0 Å². The van der Waals surface area contributed by atoms with Crippen LogP contribution in [0.5, 0.6) is 0 Å². The molecule has 2 unspecified atom stereocenters. The molecule has 4 heteroatoms. The zero-order chi connectivity index (χ0) is 12.1. The summed E-state index contributed by atoms with van der Waals surface area (Å²) in [6.07, 6.45) is 0.321. The Morgan fingerprint density at radius 1 is 1.33 bits per heavy atom. The van der Waals surface area contributed by atoms with E-state index >= 15 is 0 Å². The molecule has 0 aliphatic rings. The van der Waals surface area contributed by atoms with Gasteiger partial charge in [-0.1, -0.05) is 0 Å². The summed E-state index contributed by atoms with van der Waals surface area (Å²) in [7, 11) is 0. The van der Waals surface area contributed by atoms with Crippen LogP contribution < -0.4 is 5.32 Å². The summed E-state index contributed by atoms with van der Waals surface area (Å²) >= 11 is 0. The number of carbonyl (C=O) groups excluding carboxylic acids is 1. The molecule has 2 atom stereocenters. The van der Waals surface area contributed by atoms with Crippen molar-refractivity contribution in [2.24, 2.45) is 0 Å². The van der Waals surface area contributed by atoms with E-state index in [0.717, 1.165) is 0 Å². The summed E-state index contributed by atoms with van der Waals surface area (Å²) in [6, 6.07) is 0.0180. The highest BCUT2D eigenvalue weighted by molar-refractivity contribution is 5.70. The molecule has 2 N–H and O–H groups in total. The molecular weight excluding hydrogens is 194 g/mol. The van der Waals surface area contributed by atoms with Gasteiger partial charge in [0.15, 0.2) is 0 Å². The SMILES string of the molecule is CC(CO)NC(C)CC(=O)OC(C)(C)C. The molecule has 15 heavy (non-hydrogen) atoms. The van der Waals surface area contributed by atoms with E-state index < -0.39 is 5.60 Å². The third-order valence-corrected chi connectivity index (χ3v) is 1.74. The maximum absolute atomic E-state index is 11.4. The largest absolute Gasteiger partial charge is 0.460 e. The molecule has 0 saturated carbocycles. The number of aliphatic hydroxyl groups excluding tert-OH is 1. The van der Waals surface area contributed by atoms with Crippen LogP contribution in [0.1, 0.15) is 41.0 Å². The molecule has 0 amide bonds. The zero-order valence-corrected chi connectivity index (χ0v) is 10.3. The lowest BCUT2D eigenvalue weighted by molar-refractivity contribution is -0.155. The number of carbonyl (C=O) groups is 1. The van der Waals surface area contributed by atoms with Crippen molar-refractivity contribution in [3.05, 3.63) is 0 Å². The summed E-state index contributed by atoms with van der Waals surface area (Å²) in [6.45, 7) is 9.37. The van der Waals surface area contributed by atoms with Crippen LogP contribution in [0.3, 0.4) is 0 Å². The van der Waals surface area contributed by atoms with Crippen LogP contribution >= 0.6 is 0 Å². The predicted octanol–water partition coefficient (Wildman–Crippen LogP) is 1.08. The molecule has 0 spiro atoms. The van der Waals surface area contributed by atoms with Gasteiger partial charge >= 0.3 is 5.97 Å². The number of aliphatic hydroxyl groups is 1. The third kappa shape index (κ3) is 8.39. The van der Waals surface area contributed by atoms with Gasteiger partial charge in [0.2, 0.25) is 0 Å². The highest BCUT2D eigenvalue weighted by Gasteiger charge is 2.18. The Morgan fingerprint density at radius 2 is 1.87 bits per heavy atom. The van der Waals surface area contributed by atoms with Crippen LogP contribution in [0.15, 0.2) is 0 Å². The normalized spacial score (nSPS) is 15.9. The van der Waals surface area contributed by atoms with Crippen molar-refractivity contribution >= 4 is 5.97 Å². The van der Waals surface area contributed by atoms with Crippen molar-refractivity contribution in [3.8, 4) is 0 Å². The minimum absolute atomic E-state index is 0.00226. The molecule has 0 fully saturated rings. The average Bonchev–Trinajstić information content (AvgIpc) is 1.99. The Bertz CT molecular complexity index is 198. The van der Waals surface area contributed by atoms with E-state index in [1.54, 1.807) is 0 Å². The van der Waals surface area contributed by atoms with Crippen molar-refractivity contribution in [2.45, 2.75) is 58.7 Å². The molecule has 90 valence electrons. The van der Waals surface area contributed by atoms with E-state index in [0.29, 0.717) is 6.42 Å². The second-order valence-electron chi connectivity index (χ2n) is 4.94. The second-order valence-corrected chi connectivity index (χ2v) is 4.94. The van der Waals surface area contributed by atoms with Crippen molar-refractivity contribution < 1.29 is 14.6 Å². The van der Waals surface area contributed by atoms with Crippen molar-refractivity contribution in [1.29, 1.82) is 0 Å². The molecule has 4 nitrogen and oxygen atoms in total. The molecule has 0 saturated heterocycles. The summed E-state index contributed by atoms with van der Waals surface area (Å²) in [5.41, 5.74) is -0.431. The predicted molar refractivity (Wildman–Crippen MR) is 59.6 cm³/mol. The fourth-order valence-electron chi connectivity index (χ4n) is 1.23. The summed E-state index contributed by atoms with van der Waals surface area (Å²) in [5, 5.41) is 11.9. The van der Waals surface area contributed by atoms with Crippen LogP contribution in [0.4, 0.5) is 0 Å². The first-order valence-electron chi connectivity index (χ1n) is 5.33. The first-order chi connectivity index (χ1) is 6.74. The van der Waals surface area contributed by atoms with Crippen LogP contribution in [-0.4, -0.2) is 35.4 Å². The molecule has 0 bridgehead atoms. The van der Waals surface area contributed by atoms with E-state index in [4.69, 9.17) is 9.84 Å². The van der Waals surface area contributed by atoms with E-state index in [-0.39, 0.29) is 24.7 Å². The number of hydrogen-bond donors (Lipinski definition) is 2. The molecule has 0 aromatic carbocycles. The summed E-state index contributed by atoms with van der Waals surface area (Å²) in [4.78, 5) is 11.4. The molecule has 0 radical (unpaired) electrons. The Balaban J connectivity index is 3.87. The van der Waals surface area contributed by atoms with Gasteiger partial charge in [-0.05, 0) is 34.6 Å². The number of ether oxygens (including phenoxy) is 1. The van der Waals surface area contributed by atoms with Gasteiger partial charge in [-0.3, -0.25) is 4.79 Å². The van der Waals surface area contributed by atoms with Crippen LogP contribution in [0.2, 0.25) is 0 Å². The van der Waals surface area contributed by atoms with Gasteiger partial charge in [0.05, 0.1) is 13.0 Å². The Morgan fingerprint density at radius 3 is 2.27 bits per heavy atom. The average molecular weight is 217 g/mol. The summed E-state index contributed by atoms with van der Waals surface area (Å²) in [5.74, 6) is -0.215. The quantitative estimate of drug-likeness (QED) is 0.676. The molecule has 0 heterocycles. The molecule has 0 aromatic heterocycles. The standard InChI is InChI=1S/C11H23NO3/c1-8(12-9(2)7-13)6-10(14)15-11(3,4)5/h8-9,12-13H,6-7H2,1-5H3. The maximum atomic E-state index is 11.4. The van der Waals surface area contributed by atoms with Crippen molar-refractivity contribution in [2.75, 3.05) is 6.61 Å². The van der Waals surface area contributed by atoms with Gasteiger partial charge in [0.1, 0.15) is 5.60 Å². The zero-order valence-electron chi connectivity index (χ0n) is 10.3. The van der Waals surface area contributed by atoms with Crippen LogP contribution in [0.25, 0.3) is 0 Å². The fourth-order valence-corrected chi connectivity index (χ4v) is 1.23. The van der Waals surface area contributed by atoms with E-state index in [9.17, 15) is 4.79 Å². The molecule has 0 rings (SSSR count). The van der Waals surface area contributed by atoms with E-state index in [1.165, 1.54) is 0 Å². The van der Waals surface area contributed by atoms with E-state index in [1.807, 2.05) is 34.6 Å². The maximum Gasteiger partial charge on any atom is 0.307 e. The monoisotopic (exact) mass is 217 g/mol. The Labute approximate surface area is 92.0 Å². The number of nitrogens with one attached hydrogen (secondary N) is 1. The smallest absolute Gasteiger partial charge is 0.307 e. The molecule has 0 aromatic rings. The number of esters is 1. The Hall–Kier alpha value is -0.610. The molecule has 0 aliphatic carbocycles. The number of hydrogen-bond acceptors (Lipinski definition) is 4. The lowest BCUT2D eigenvalue weighted by atomic mass is 10.1. The van der Waals surface area contributed by atoms with Crippen molar-refractivity contribution in [3.63, 3.8) is 0 Å². The van der Waals surface area contributed by atoms with Crippen LogP contribution in [-0.2, 0) is 9.53 Å². The van der Waals surface area contributed by atoms with Crippen molar-refractivity contribution in [1.82, 2.24) is 5.32 Å². The molecular formula is C11H23NO3. The minimum Gasteiger partial charge on any atom is -0.460 e. The number of rotatable bonds is 5. The first kappa shape index (κ1) is 14.4. The Kier molecular flexibility index (Phi) is 5.83. The topological polar surface area (TPSA) is 58.6 Å². The van der Waals surface area contributed by atoms with Gasteiger partial charge in [-0.2, -0.15) is 0 Å². The van der Waals surface area contributed by atoms with E-state index in [2.05, 4.69) is 5.32 Å². The van der Waals surface area contributed by atoms with Gasteiger partial charge in [-0.15, -0.1) is 0 Å². The van der Waals surface area contributed by atoms with Gasteiger partial charge in [0, 0.05) is 12.1 Å². The fraction of sp³-hybridized carbons (Fsp3) is 0.909.